The summed E-state index contributed by atoms with van der Waals surface area (Å²) in [6.45, 7) is 13.7. The van der Waals surface area contributed by atoms with Gasteiger partial charge in [0.2, 0.25) is 0 Å². The van der Waals surface area contributed by atoms with Gasteiger partial charge in [0, 0.05) is 6.42 Å². The number of hydrogen-bond donors (Lipinski definition) is 0. The van der Waals surface area contributed by atoms with E-state index in [0.717, 1.165) is 24.7 Å². The summed E-state index contributed by atoms with van der Waals surface area (Å²) in [4.78, 5) is 0. The van der Waals surface area contributed by atoms with Crippen molar-refractivity contribution in [1.29, 1.82) is 0 Å². The summed E-state index contributed by atoms with van der Waals surface area (Å²) in [6, 6.07) is 0. The van der Waals surface area contributed by atoms with Gasteiger partial charge in [0.15, 0.2) is 0 Å². The highest BCUT2D eigenvalue weighted by Gasteiger charge is 2.27. The monoisotopic (exact) mass is 222 g/mol. The molecule has 0 saturated carbocycles. The Balaban J connectivity index is 2.45. The van der Waals surface area contributed by atoms with E-state index in [1.807, 2.05) is 0 Å². The first-order valence-electron chi connectivity index (χ1n) is 6.42. The predicted octanol–water partition coefficient (Wildman–Crippen LogP) is 4.70. The summed E-state index contributed by atoms with van der Waals surface area (Å²) in [6.07, 6.45) is 6.99. The Hall–Kier alpha value is -0.720. The molecule has 1 unspecified atom stereocenters. The van der Waals surface area contributed by atoms with Crippen molar-refractivity contribution >= 4 is 0 Å². The van der Waals surface area contributed by atoms with Gasteiger partial charge in [-0.2, -0.15) is 0 Å². The number of allylic oxidation sites excluding steroid dienone is 2. The molecule has 0 radical (unpaired) electrons. The Kier molecular flexibility index (Phi) is 4.64. The Bertz CT molecular complexity index is 268. The van der Waals surface area contributed by atoms with Crippen LogP contribution in [-0.2, 0) is 4.74 Å². The van der Waals surface area contributed by atoms with Crippen molar-refractivity contribution in [3.05, 3.63) is 24.0 Å². The second-order valence-corrected chi connectivity index (χ2v) is 5.89. The van der Waals surface area contributed by atoms with Crippen molar-refractivity contribution in [2.45, 2.75) is 53.4 Å². The molecule has 0 spiro atoms. The van der Waals surface area contributed by atoms with Crippen LogP contribution < -0.4 is 0 Å². The molecule has 0 heterocycles. The van der Waals surface area contributed by atoms with Gasteiger partial charge in [-0.15, -0.1) is 0 Å². The number of rotatable bonds is 4. The van der Waals surface area contributed by atoms with E-state index < -0.39 is 0 Å². The zero-order valence-corrected chi connectivity index (χ0v) is 11.3. The van der Waals surface area contributed by atoms with Gasteiger partial charge < -0.3 is 4.74 Å². The first-order chi connectivity index (χ1) is 7.43. The molecule has 1 aliphatic rings. The van der Waals surface area contributed by atoms with Crippen LogP contribution in [0.2, 0.25) is 0 Å². The minimum atomic E-state index is 0.418. The molecule has 0 aliphatic heterocycles. The van der Waals surface area contributed by atoms with E-state index >= 15 is 0 Å². The second-order valence-electron chi connectivity index (χ2n) is 5.89. The van der Waals surface area contributed by atoms with Gasteiger partial charge in [-0.05, 0) is 36.2 Å². The molecule has 1 rings (SSSR count). The van der Waals surface area contributed by atoms with Gasteiger partial charge in [0.05, 0.1) is 5.76 Å². The van der Waals surface area contributed by atoms with Gasteiger partial charge in [-0.3, -0.25) is 0 Å². The molecule has 0 N–H and O–H groups in total. The van der Waals surface area contributed by atoms with Crippen LogP contribution in [0, 0.1) is 11.3 Å². The summed E-state index contributed by atoms with van der Waals surface area (Å²) < 4.78 is 5.63. The molecule has 0 aromatic carbocycles. The maximum atomic E-state index is 5.63. The summed E-state index contributed by atoms with van der Waals surface area (Å²) in [5.74, 6) is 1.70. The molecular formula is C15H26O. The van der Waals surface area contributed by atoms with Crippen molar-refractivity contribution in [3.8, 4) is 0 Å². The van der Waals surface area contributed by atoms with Crippen LogP contribution in [0.25, 0.3) is 0 Å². The highest BCUT2D eigenvalue weighted by atomic mass is 16.5. The molecule has 0 fully saturated rings. The van der Waals surface area contributed by atoms with Crippen molar-refractivity contribution in [2.24, 2.45) is 11.3 Å². The van der Waals surface area contributed by atoms with E-state index in [4.69, 9.17) is 4.74 Å². The smallest absolute Gasteiger partial charge is 0.109 e. The predicted molar refractivity (Wildman–Crippen MR) is 70.3 cm³/mol. The van der Waals surface area contributed by atoms with Crippen molar-refractivity contribution in [1.82, 2.24) is 0 Å². The van der Waals surface area contributed by atoms with E-state index in [1.54, 1.807) is 0 Å². The Morgan fingerprint density at radius 1 is 1.50 bits per heavy atom. The van der Waals surface area contributed by atoms with Gasteiger partial charge >= 0.3 is 0 Å². The molecule has 1 aliphatic carbocycles. The molecule has 0 aromatic rings. The standard InChI is InChI=1S/C15H26O/c1-6-12(2)16-11-13-8-7-9-14(10-13)15(3,4)5/h8,14H,2,6-7,9-11H2,1,3-5H3. The van der Waals surface area contributed by atoms with Crippen LogP contribution >= 0.6 is 0 Å². The molecule has 0 amide bonds. The summed E-state index contributed by atoms with van der Waals surface area (Å²) in [5.41, 5.74) is 1.88. The van der Waals surface area contributed by atoms with Gasteiger partial charge in [0.25, 0.3) is 0 Å². The zero-order valence-electron chi connectivity index (χ0n) is 11.3. The SMILES string of the molecule is C=C(CC)OCC1=CCCC(C(C)(C)C)C1. The van der Waals surface area contributed by atoms with Crippen LogP contribution in [0.15, 0.2) is 24.0 Å². The third kappa shape index (κ3) is 4.03. The lowest BCUT2D eigenvalue weighted by atomic mass is 9.72. The number of ether oxygens (including phenoxy) is 1. The lowest BCUT2D eigenvalue weighted by Gasteiger charge is -2.34. The molecule has 92 valence electrons. The zero-order chi connectivity index (χ0) is 12.2. The average Bonchev–Trinajstić information content (AvgIpc) is 2.25. The van der Waals surface area contributed by atoms with Gasteiger partial charge in [-0.1, -0.05) is 40.3 Å². The Morgan fingerprint density at radius 2 is 2.19 bits per heavy atom. The lowest BCUT2D eigenvalue weighted by molar-refractivity contribution is 0.189. The maximum absolute atomic E-state index is 5.63. The average molecular weight is 222 g/mol. The molecule has 1 heteroatoms. The minimum Gasteiger partial charge on any atom is -0.494 e. The number of hydrogen-bond acceptors (Lipinski definition) is 1. The van der Waals surface area contributed by atoms with Crippen LogP contribution in [-0.4, -0.2) is 6.61 Å². The summed E-state index contributed by atoms with van der Waals surface area (Å²) >= 11 is 0. The summed E-state index contributed by atoms with van der Waals surface area (Å²) in [5, 5.41) is 0. The molecule has 0 aromatic heterocycles. The second kappa shape index (κ2) is 5.56. The Morgan fingerprint density at radius 3 is 2.75 bits per heavy atom. The first-order valence-corrected chi connectivity index (χ1v) is 6.42. The fourth-order valence-electron chi connectivity index (χ4n) is 2.14. The van der Waals surface area contributed by atoms with E-state index in [0.29, 0.717) is 5.41 Å². The Labute approximate surface area is 101 Å². The van der Waals surface area contributed by atoms with Gasteiger partial charge in [0.1, 0.15) is 6.61 Å². The van der Waals surface area contributed by atoms with Crippen molar-refractivity contribution in [3.63, 3.8) is 0 Å². The highest BCUT2D eigenvalue weighted by molar-refractivity contribution is 5.09. The lowest BCUT2D eigenvalue weighted by Crippen LogP contribution is -2.23. The van der Waals surface area contributed by atoms with Crippen LogP contribution in [0.4, 0.5) is 0 Å². The van der Waals surface area contributed by atoms with Crippen LogP contribution in [0.5, 0.6) is 0 Å². The largest absolute Gasteiger partial charge is 0.494 e. The van der Waals surface area contributed by atoms with E-state index in [1.165, 1.54) is 24.8 Å². The van der Waals surface area contributed by atoms with Crippen LogP contribution in [0.3, 0.4) is 0 Å². The van der Waals surface area contributed by atoms with Crippen molar-refractivity contribution in [2.75, 3.05) is 6.61 Å². The quantitative estimate of drug-likeness (QED) is 0.495. The molecule has 0 bridgehead atoms. The third-order valence-electron chi connectivity index (χ3n) is 3.54. The fraction of sp³-hybridized carbons (Fsp3) is 0.733. The van der Waals surface area contributed by atoms with E-state index in [9.17, 15) is 0 Å². The minimum absolute atomic E-state index is 0.418. The maximum Gasteiger partial charge on any atom is 0.109 e. The first kappa shape index (κ1) is 13.3. The van der Waals surface area contributed by atoms with Crippen LogP contribution in [0.1, 0.15) is 53.4 Å². The molecule has 16 heavy (non-hydrogen) atoms. The van der Waals surface area contributed by atoms with E-state index in [2.05, 4.69) is 40.3 Å². The van der Waals surface area contributed by atoms with Crippen molar-refractivity contribution < 1.29 is 4.74 Å². The topological polar surface area (TPSA) is 9.23 Å². The molecule has 1 atom stereocenters. The fourth-order valence-corrected chi connectivity index (χ4v) is 2.14. The highest BCUT2D eigenvalue weighted by Crippen LogP contribution is 2.37. The normalized spacial score (nSPS) is 21.5. The van der Waals surface area contributed by atoms with Gasteiger partial charge in [-0.25, -0.2) is 0 Å². The molecular weight excluding hydrogens is 196 g/mol. The molecule has 1 nitrogen and oxygen atoms in total. The van der Waals surface area contributed by atoms with E-state index in [-0.39, 0.29) is 0 Å². The molecule has 0 saturated heterocycles. The third-order valence-corrected chi connectivity index (χ3v) is 3.54. The summed E-state index contributed by atoms with van der Waals surface area (Å²) in [7, 11) is 0.